The van der Waals surface area contributed by atoms with Crippen molar-refractivity contribution in [3.8, 4) is 5.75 Å². The van der Waals surface area contributed by atoms with E-state index in [1.807, 2.05) is 24.3 Å². The Labute approximate surface area is 203 Å². The zero-order valence-corrected chi connectivity index (χ0v) is 20.1. The molecule has 0 unspecified atom stereocenters. The fourth-order valence-electron chi connectivity index (χ4n) is 4.02. The van der Waals surface area contributed by atoms with Crippen molar-refractivity contribution in [3.05, 3.63) is 94.1 Å². The van der Waals surface area contributed by atoms with E-state index in [1.165, 1.54) is 18.1 Å². The van der Waals surface area contributed by atoms with Crippen molar-refractivity contribution < 1.29 is 19.4 Å². The monoisotopic (exact) mass is 476 g/mol. The van der Waals surface area contributed by atoms with Gasteiger partial charge >= 0.3 is 5.91 Å². The Morgan fingerprint density at radius 1 is 1.06 bits per heavy atom. The van der Waals surface area contributed by atoms with Gasteiger partial charge in [-0.2, -0.15) is 0 Å². The lowest BCUT2D eigenvalue weighted by Crippen LogP contribution is -2.30. The molecule has 174 valence electrons. The molecule has 1 N–H and O–H groups in total. The van der Waals surface area contributed by atoms with Gasteiger partial charge in [0, 0.05) is 11.8 Å². The number of methoxy groups -OCH3 is 1. The van der Waals surface area contributed by atoms with Crippen molar-refractivity contribution in [2.75, 3.05) is 12.0 Å². The van der Waals surface area contributed by atoms with Crippen LogP contribution in [-0.2, 0) is 15.0 Å². The molecule has 1 fully saturated rings. The number of carbonyl (C=O) groups excluding carboxylic acids is 2. The normalized spacial score (nSPS) is 17.8. The van der Waals surface area contributed by atoms with Crippen LogP contribution >= 0.6 is 11.6 Å². The summed E-state index contributed by atoms with van der Waals surface area (Å²) >= 11 is 6.25. The van der Waals surface area contributed by atoms with Gasteiger partial charge in [0.2, 0.25) is 0 Å². The number of nitrogens with zero attached hydrogens (tertiary/aromatic N) is 2. The summed E-state index contributed by atoms with van der Waals surface area (Å²) < 4.78 is 5.18. The molecule has 6 nitrogen and oxygen atoms in total. The first-order valence-corrected chi connectivity index (χ1v) is 11.2. The van der Waals surface area contributed by atoms with Crippen LogP contribution in [0.1, 0.15) is 43.5 Å². The van der Waals surface area contributed by atoms with Crippen LogP contribution in [0, 0.1) is 0 Å². The first-order valence-electron chi connectivity index (χ1n) is 10.8. The van der Waals surface area contributed by atoms with E-state index in [9.17, 15) is 14.7 Å². The van der Waals surface area contributed by atoms with Gasteiger partial charge < -0.3 is 9.84 Å². The summed E-state index contributed by atoms with van der Waals surface area (Å²) in [6.45, 7) is 6.32. The number of rotatable bonds is 4. The van der Waals surface area contributed by atoms with Crippen LogP contribution in [0.5, 0.6) is 5.75 Å². The molecule has 0 aliphatic carbocycles. The largest absolute Gasteiger partial charge is 0.507 e. The molecule has 1 aliphatic heterocycles. The quantitative estimate of drug-likeness (QED) is 0.298. The van der Waals surface area contributed by atoms with Crippen molar-refractivity contribution in [1.29, 1.82) is 0 Å². The molecule has 2 heterocycles. The average molecular weight is 477 g/mol. The number of amides is 1. The summed E-state index contributed by atoms with van der Waals surface area (Å²) in [6, 6.07) is 16.7. The van der Waals surface area contributed by atoms with Crippen LogP contribution in [0.3, 0.4) is 0 Å². The first-order chi connectivity index (χ1) is 16.1. The van der Waals surface area contributed by atoms with E-state index < -0.39 is 17.7 Å². The van der Waals surface area contributed by atoms with Gasteiger partial charge in [0.25, 0.3) is 5.78 Å². The molecule has 7 heteroatoms. The number of aromatic nitrogens is 1. The molecule has 0 saturated carbocycles. The van der Waals surface area contributed by atoms with E-state index in [0.717, 1.165) is 5.56 Å². The highest BCUT2D eigenvalue weighted by atomic mass is 35.5. The Hall–Kier alpha value is -3.64. The van der Waals surface area contributed by atoms with Crippen LogP contribution in [0.15, 0.2) is 72.4 Å². The second-order valence-electron chi connectivity index (χ2n) is 9.08. The highest BCUT2D eigenvalue weighted by Crippen LogP contribution is 2.42. The number of hydrogen-bond donors (Lipinski definition) is 1. The molecule has 1 saturated heterocycles. The predicted molar refractivity (Wildman–Crippen MR) is 132 cm³/mol. The van der Waals surface area contributed by atoms with Crippen LogP contribution in [0.2, 0.25) is 5.02 Å². The van der Waals surface area contributed by atoms with Gasteiger partial charge in [-0.1, -0.05) is 62.7 Å². The molecule has 1 atom stereocenters. The van der Waals surface area contributed by atoms with Gasteiger partial charge in [0.1, 0.15) is 17.3 Å². The maximum absolute atomic E-state index is 13.2. The zero-order valence-electron chi connectivity index (χ0n) is 19.4. The van der Waals surface area contributed by atoms with E-state index in [2.05, 4.69) is 25.8 Å². The minimum atomic E-state index is -0.857. The molecule has 4 rings (SSSR count). The molecule has 1 aromatic heterocycles. The minimum Gasteiger partial charge on any atom is -0.507 e. The number of aliphatic hydroxyl groups is 1. The third kappa shape index (κ3) is 4.17. The summed E-state index contributed by atoms with van der Waals surface area (Å²) in [4.78, 5) is 32.0. The Kier molecular flexibility index (Phi) is 6.19. The molecule has 1 amide bonds. The molecule has 2 aromatic carbocycles. The smallest absolute Gasteiger partial charge is 0.301 e. The van der Waals surface area contributed by atoms with Crippen molar-refractivity contribution >= 4 is 34.9 Å². The second kappa shape index (κ2) is 8.95. The number of hydrogen-bond acceptors (Lipinski definition) is 5. The fraction of sp³-hybridized carbons (Fsp3) is 0.222. The molecular formula is C27H25ClN2O4. The molecule has 0 spiro atoms. The Bertz CT molecular complexity index is 1280. The van der Waals surface area contributed by atoms with Gasteiger partial charge in [-0.25, -0.2) is 4.98 Å². The van der Waals surface area contributed by atoms with Crippen molar-refractivity contribution in [3.63, 3.8) is 0 Å². The van der Waals surface area contributed by atoms with Crippen LogP contribution in [0.4, 0.5) is 5.82 Å². The number of ketones is 1. The van der Waals surface area contributed by atoms with Crippen LogP contribution in [0.25, 0.3) is 5.76 Å². The number of halogens is 1. The number of benzene rings is 2. The fourth-order valence-corrected chi connectivity index (χ4v) is 4.27. The lowest BCUT2D eigenvalue weighted by molar-refractivity contribution is -0.132. The van der Waals surface area contributed by atoms with Gasteiger partial charge in [-0.05, 0) is 46.9 Å². The topological polar surface area (TPSA) is 79.7 Å². The van der Waals surface area contributed by atoms with Gasteiger partial charge in [-0.3, -0.25) is 14.5 Å². The summed E-state index contributed by atoms with van der Waals surface area (Å²) in [6.07, 6.45) is 1.55. The maximum atomic E-state index is 13.2. The van der Waals surface area contributed by atoms with Crippen molar-refractivity contribution in [1.82, 2.24) is 4.98 Å². The first kappa shape index (κ1) is 23.5. The SMILES string of the molecule is COc1ccc(C(O)=C2C(=O)C(=O)N(c3ccccn3)[C@@H]2c2ccc(C(C)(C)C)cc2)cc1Cl. The zero-order chi connectivity index (χ0) is 24.6. The summed E-state index contributed by atoms with van der Waals surface area (Å²) in [5.41, 5.74) is 2.00. The third-order valence-corrected chi connectivity index (χ3v) is 6.15. The molecule has 0 bridgehead atoms. The lowest BCUT2D eigenvalue weighted by atomic mass is 9.85. The summed E-state index contributed by atoms with van der Waals surface area (Å²) in [5, 5.41) is 11.5. The number of pyridine rings is 1. The number of carbonyl (C=O) groups is 2. The second-order valence-corrected chi connectivity index (χ2v) is 9.49. The Balaban J connectivity index is 1.92. The van der Waals surface area contributed by atoms with Gasteiger partial charge in [0.15, 0.2) is 0 Å². The summed E-state index contributed by atoms with van der Waals surface area (Å²) in [5.74, 6) is -1.11. The van der Waals surface area contributed by atoms with Crippen LogP contribution < -0.4 is 9.64 Å². The lowest BCUT2D eigenvalue weighted by Gasteiger charge is -2.25. The van der Waals surface area contributed by atoms with E-state index in [1.54, 1.807) is 36.5 Å². The average Bonchev–Trinajstić information content (AvgIpc) is 3.09. The molecule has 3 aromatic rings. The maximum Gasteiger partial charge on any atom is 0.301 e. The van der Waals surface area contributed by atoms with E-state index >= 15 is 0 Å². The van der Waals surface area contributed by atoms with E-state index in [0.29, 0.717) is 22.7 Å². The van der Waals surface area contributed by atoms with Gasteiger partial charge in [-0.15, -0.1) is 0 Å². The van der Waals surface area contributed by atoms with E-state index in [4.69, 9.17) is 16.3 Å². The molecule has 1 aliphatic rings. The van der Waals surface area contributed by atoms with Crippen molar-refractivity contribution in [2.45, 2.75) is 32.2 Å². The number of aliphatic hydroxyl groups excluding tert-OH is 1. The van der Waals surface area contributed by atoms with Gasteiger partial charge in [0.05, 0.1) is 23.7 Å². The van der Waals surface area contributed by atoms with E-state index in [-0.39, 0.29) is 21.8 Å². The molecular weight excluding hydrogens is 452 g/mol. The van der Waals surface area contributed by atoms with Crippen LogP contribution in [-0.4, -0.2) is 28.9 Å². The van der Waals surface area contributed by atoms with Crippen molar-refractivity contribution in [2.24, 2.45) is 0 Å². The number of anilines is 1. The molecule has 34 heavy (non-hydrogen) atoms. The predicted octanol–water partition coefficient (Wildman–Crippen LogP) is 5.67. The number of ether oxygens (including phenoxy) is 1. The Morgan fingerprint density at radius 3 is 2.32 bits per heavy atom. The number of Topliss-reactive ketones (excluding diaryl/α,β-unsaturated/α-hetero) is 1. The molecule has 0 radical (unpaired) electrons. The highest BCUT2D eigenvalue weighted by molar-refractivity contribution is 6.51. The summed E-state index contributed by atoms with van der Waals surface area (Å²) in [7, 11) is 1.49. The minimum absolute atomic E-state index is 0.0274. The Morgan fingerprint density at radius 2 is 1.76 bits per heavy atom. The standard InChI is InChI=1S/C27H25ClN2O4/c1-27(2,3)18-11-8-16(9-12-18)23-22(24(31)17-10-13-20(34-4)19(28)15-17)25(32)26(33)30(23)21-7-5-6-14-29-21/h5-15,23,31H,1-4H3/t23-/m1/s1. The third-order valence-electron chi connectivity index (χ3n) is 5.86. The highest BCUT2D eigenvalue weighted by Gasteiger charge is 2.47.